The van der Waals surface area contributed by atoms with Gasteiger partial charge in [-0.15, -0.1) is 0 Å². The molecular weight excluding hydrogens is 271 g/mol. The Morgan fingerprint density at radius 1 is 1.19 bits per heavy atom. The van der Waals surface area contributed by atoms with E-state index in [2.05, 4.69) is 10.3 Å². The number of nitrogens with zero attached hydrogens (tertiary/aromatic N) is 1. The minimum Gasteiger partial charge on any atom is -0.494 e. The van der Waals surface area contributed by atoms with E-state index in [1.807, 2.05) is 25.1 Å². The first-order valence-electron chi connectivity index (χ1n) is 6.69. The average Bonchev–Trinajstić information content (AvgIpc) is 2.53. The minimum absolute atomic E-state index is 0.0208. The fourth-order valence-electron chi connectivity index (χ4n) is 1.98. The van der Waals surface area contributed by atoms with Crippen LogP contribution in [0.5, 0.6) is 11.6 Å². The lowest BCUT2D eigenvalue weighted by Gasteiger charge is -2.15. The molecule has 0 spiro atoms. The van der Waals surface area contributed by atoms with Crippen LogP contribution in [-0.4, -0.2) is 19.2 Å². The molecule has 0 radical (unpaired) electrons. The highest BCUT2D eigenvalue weighted by molar-refractivity contribution is 5.31. The van der Waals surface area contributed by atoms with Crippen molar-refractivity contribution in [2.45, 2.75) is 19.5 Å². The molecule has 1 heterocycles. The summed E-state index contributed by atoms with van der Waals surface area (Å²) in [5, 5.41) is 3.33. The SMILES string of the molecule is COc1ccc(CNC(C)c2ccc(OC)c(F)c2)cn1. The van der Waals surface area contributed by atoms with Crippen LogP contribution in [0.2, 0.25) is 0 Å². The summed E-state index contributed by atoms with van der Waals surface area (Å²) in [5.74, 6) is 0.490. The van der Waals surface area contributed by atoms with Crippen molar-refractivity contribution in [3.63, 3.8) is 0 Å². The normalized spacial score (nSPS) is 12.0. The molecule has 1 atom stereocenters. The maximum absolute atomic E-state index is 13.7. The van der Waals surface area contributed by atoms with Gasteiger partial charge in [-0.1, -0.05) is 12.1 Å². The summed E-state index contributed by atoms with van der Waals surface area (Å²) in [6, 6.07) is 8.76. The van der Waals surface area contributed by atoms with Crippen molar-refractivity contribution in [1.82, 2.24) is 10.3 Å². The third kappa shape index (κ3) is 3.92. The van der Waals surface area contributed by atoms with Gasteiger partial charge in [-0.3, -0.25) is 0 Å². The van der Waals surface area contributed by atoms with Crippen LogP contribution < -0.4 is 14.8 Å². The first kappa shape index (κ1) is 15.3. The van der Waals surface area contributed by atoms with Crippen LogP contribution in [0, 0.1) is 5.82 Å². The van der Waals surface area contributed by atoms with Crippen molar-refractivity contribution in [3.8, 4) is 11.6 Å². The fraction of sp³-hybridized carbons (Fsp3) is 0.312. The van der Waals surface area contributed by atoms with Crippen LogP contribution >= 0.6 is 0 Å². The van der Waals surface area contributed by atoms with Crippen LogP contribution in [0.15, 0.2) is 36.5 Å². The minimum atomic E-state index is -0.352. The van der Waals surface area contributed by atoms with Gasteiger partial charge in [-0.25, -0.2) is 9.37 Å². The number of rotatable bonds is 6. The molecule has 1 aromatic heterocycles. The molecule has 0 aliphatic heterocycles. The molecule has 1 N–H and O–H groups in total. The molecule has 0 fully saturated rings. The van der Waals surface area contributed by atoms with Crippen molar-refractivity contribution in [2.75, 3.05) is 14.2 Å². The van der Waals surface area contributed by atoms with Crippen LogP contribution in [0.3, 0.4) is 0 Å². The molecule has 4 nitrogen and oxygen atoms in total. The Labute approximate surface area is 123 Å². The number of hydrogen-bond acceptors (Lipinski definition) is 4. The first-order valence-corrected chi connectivity index (χ1v) is 6.69. The maximum atomic E-state index is 13.7. The largest absolute Gasteiger partial charge is 0.494 e. The van der Waals surface area contributed by atoms with Gasteiger partial charge in [0.1, 0.15) is 0 Å². The summed E-state index contributed by atoms with van der Waals surface area (Å²) in [7, 11) is 3.04. The lowest BCUT2D eigenvalue weighted by Crippen LogP contribution is -2.18. The molecule has 0 aliphatic rings. The molecule has 1 unspecified atom stereocenters. The zero-order chi connectivity index (χ0) is 15.2. The average molecular weight is 290 g/mol. The van der Waals surface area contributed by atoms with E-state index in [1.165, 1.54) is 13.2 Å². The molecular formula is C16H19FN2O2. The van der Waals surface area contributed by atoms with Gasteiger partial charge < -0.3 is 14.8 Å². The van der Waals surface area contributed by atoms with Crippen LogP contribution in [0.1, 0.15) is 24.1 Å². The lowest BCUT2D eigenvalue weighted by atomic mass is 10.1. The Morgan fingerprint density at radius 3 is 2.57 bits per heavy atom. The van der Waals surface area contributed by atoms with Gasteiger partial charge in [-0.2, -0.15) is 0 Å². The van der Waals surface area contributed by atoms with E-state index < -0.39 is 0 Å². The van der Waals surface area contributed by atoms with Gasteiger partial charge >= 0.3 is 0 Å². The topological polar surface area (TPSA) is 43.4 Å². The Bertz CT molecular complexity index is 587. The first-order chi connectivity index (χ1) is 10.1. The van der Waals surface area contributed by atoms with E-state index in [4.69, 9.17) is 9.47 Å². The monoisotopic (exact) mass is 290 g/mol. The summed E-state index contributed by atoms with van der Waals surface area (Å²) < 4.78 is 23.6. The smallest absolute Gasteiger partial charge is 0.212 e. The molecule has 1 aromatic carbocycles. The van der Waals surface area contributed by atoms with Crippen molar-refractivity contribution in [1.29, 1.82) is 0 Å². The lowest BCUT2D eigenvalue weighted by molar-refractivity contribution is 0.385. The van der Waals surface area contributed by atoms with E-state index in [9.17, 15) is 4.39 Å². The summed E-state index contributed by atoms with van der Waals surface area (Å²) in [6.45, 7) is 2.63. The number of pyridine rings is 1. The molecule has 5 heteroatoms. The highest BCUT2D eigenvalue weighted by Crippen LogP contribution is 2.22. The van der Waals surface area contributed by atoms with Gasteiger partial charge in [0.05, 0.1) is 14.2 Å². The van der Waals surface area contributed by atoms with E-state index in [-0.39, 0.29) is 17.6 Å². The number of hydrogen-bond donors (Lipinski definition) is 1. The number of nitrogens with one attached hydrogen (secondary N) is 1. The van der Waals surface area contributed by atoms with Crippen molar-refractivity contribution >= 4 is 0 Å². The number of benzene rings is 1. The van der Waals surface area contributed by atoms with E-state index in [0.717, 1.165) is 11.1 Å². The highest BCUT2D eigenvalue weighted by atomic mass is 19.1. The fourth-order valence-corrected chi connectivity index (χ4v) is 1.98. The Morgan fingerprint density at radius 2 is 2.00 bits per heavy atom. The number of ether oxygens (including phenoxy) is 2. The number of aromatic nitrogens is 1. The zero-order valence-corrected chi connectivity index (χ0v) is 12.4. The second kappa shape index (κ2) is 7.04. The molecule has 0 aliphatic carbocycles. The number of halogens is 1. The van der Waals surface area contributed by atoms with Crippen LogP contribution in [0.25, 0.3) is 0 Å². The van der Waals surface area contributed by atoms with E-state index in [1.54, 1.807) is 19.4 Å². The third-order valence-corrected chi connectivity index (χ3v) is 3.29. The van der Waals surface area contributed by atoms with Crippen molar-refractivity contribution < 1.29 is 13.9 Å². The standard InChI is InChI=1S/C16H19FN2O2/c1-11(13-5-6-15(20-2)14(17)8-13)18-9-12-4-7-16(21-3)19-10-12/h4-8,10-11,18H,9H2,1-3H3. The summed E-state index contributed by atoms with van der Waals surface area (Å²) in [4.78, 5) is 4.15. The Kier molecular flexibility index (Phi) is 5.11. The van der Waals surface area contributed by atoms with Crippen molar-refractivity contribution in [2.24, 2.45) is 0 Å². The summed E-state index contributed by atoms with van der Waals surface area (Å²) in [6.07, 6.45) is 1.76. The molecule has 112 valence electrons. The predicted octanol–water partition coefficient (Wildman–Crippen LogP) is 3.09. The maximum Gasteiger partial charge on any atom is 0.212 e. The molecule has 2 aromatic rings. The molecule has 21 heavy (non-hydrogen) atoms. The Balaban J connectivity index is 1.97. The number of methoxy groups -OCH3 is 2. The molecule has 0 amide bonds. The second-order valence-corrected chi connectivity index (χ2v) is 4.71. The Hall–Kier alpha value is -2.14. The van der Waals surface area contributed by atoms with Gasteiger partial charge in [0, 0.05) is 24.8 Å². The van der Waals surface area contributed by atoms with Crippen LogP contribution in [-0.2, 0) is 6.54 Å². The third-order valence-electron chi connectivity index (χ3n) is 3.29. The van der Waals surface area contributed by atoms with Gasteiger partial charge in [0.15, 0.2) is 11.6 Å². The van der Waals surface area contributed by atoms with E-state index >= 15 is 0 Å². The van der Waals surface area contributed by atoms with Crippen LogP contribution in [0.4, 0.5) is 4.39 Å². The molecule has 0 saturated heterocycles. The van der Waals surface area contributed by atoms with Gasteiger partial charge in [0.2, 0.25) is 5.88 Å². The van der Waals surface area contributed by atoms with Gasteiger partial charge in [-0.05, 0) is 30.2 Å². The molecule has 0 saturated carbocycles. The summed E-state index contributed by atoms with van der Waals surface area (Å²) >= 11 is 0. The highest BCUT2D eigenvalue weighted by Gasteiger charge is 2.09. The van der Waals surface area contributed by atoms with Gasteiger partial charge in [0.25, 0.3) is 0 Å². The molecule has 0 bridgehead atoms. The zero-order valence-electron chi connectivity index (χ0n) is 12.4. The predicted molar refractivity (Wildman–Crippen MR) is 79.0 cm³/mol. The molecule has 2 rings (SSSR count). The summed E-state index contributed by atoms with van der Waals surface area (Å²) in [5.41, 5.74) is 1.91. The van der Waals surface area contributed by atoms with Crippen molar-refractivity contribution in [3.05, 3.63) is 53.5 Å². The second-order valence-electron chi connectivity index (χ2n) is 4.71. The van der Waals surface area contributed by atoms with E-state index in [0.29, 0.717) is 12.4 Å². The quantitative estimate of drug-likeness (QED) is 0.888.